The minimum Gasteiger partial charge on any atom is -0.331 e. The van der Waals surface area contributed by atoms with Crippen molar-refractivity contribution >= 4 is 52.7 Å². The van der Waals surface area contributed by atoms with Crippen molar-refractivity contribution in [2.45, 2.75) is 5.92 Å². The first kappa shape index (κ1) is 17.6. The van der Waals surface area contributed by atoms with E-state index in [4.69, 9.17) is 34.8 Å². The van der Waals surface area contributed by atoms with Crippen LogP contribution in [0.4, 0.5) is 10.5 Å². The molecule has 2 aromatic rings. The molecule has 8 heteroatoms. The Labute approximate surface area is 159 Å². The molecule has 1 unspecified atom stereocenters. The van der Waals surface area contributed by atoms with Gasteiger partial charge in [0, 0.05) is 26.8 Å². The van der Waals surface area contributed by atoms with Crippen molar-refractivity contribution in [3.05, 3.63) is 62.6 Å². The van der Waals surface area contributed by atoms with Crippen molar-refractivity contribution in [1.29, 1.82) is 5.26 Å². The number of anilines is 1. The molecule has 0 aromatic heterocycles. The third-order valence-corrected chi connectivity index (χ3v) is 4.54. The summed E-state index contributed by atoms with van der Waals surface area (Å²) in [5.74, 6) is -0.662. The minimum absolute atomic E-state index is 0.276. The fourth-order valence-corrected chi connectivity index (χ4v) is 3.32. The van der Waals surface area contributed by atoms with E-state index in [-0.39, 0.29) is 16.1 Å². The smallest absolute Gasteiger partial charge is 0.331 e. The van der Waals surface area contributed by atoms with Crippen molar-refractivity contribution in [3.63, 3.8) is 0 Å². The summed E-state index contributed by atoms with van der Waals surface area (Å²) in [6, 6.07) is 11.8. The normalized spacial score (nSPS) is 14.8. The highest BCUT2D eigenvalue weighted by atomic mass is 35.5. The van der Waals surface area contributed by atoms with E-state index in [2.05, 4.69) is 16.5 Å². The Hall–Kier alpha value is -2.26. The van der Waals surface area contributed by atoms with Crippen LogP contribution in [-0.2, 0) is 0 Å². The Morgan fingerprint density at radius 2 is 1.80 bits per heavy atom. The van der Waals surface area contributed by atoms with Crippen molar-refractivity contribution in [3.8, 4) is 6.07 Å². The maximum absolute atomic E-state index is 11.9. The van der Waals surface area contributed by atoms with Crippen LogP contribution in [0.3, 0.4) is 0 Å². The number of halogens is 3. The first-order chi connectivity index (χ1) is 12.0. The number of benzene rings is 2. The van der Waals surface area contributed by atoms with E-state index in [9.17, 15) is 10.1 Å². The van der Waals surface area contributed by atoms with E-state index in [1.807, 2.05) is 0 Å². The Kier molecular flexibility index (Phi) is 5.14. The molecule has 0 bridgehead atoms. The highest BCUT2D eigenvalue weighted by Gasteiger charge is 2.24. The fraction of sp³-hybridized carbons (Fsp3) is 0.118. The molecule has 0 radical (unpaired) electrons. The van der Waals surface area contributed by atoms with E-state index < -0.39 is 5.92 Å². The fourth-order valence-electron chi connectivity index (χ4n) is 2.50. The van der Waals surface area contributed by atoms with Gasteiger partial charge in [0.1, 0.15) is 0 Å². The minimum atomic E-state index is -0.662. The molecule has 1 atom stereocenters. The lowest BCUT2D eigenvalue weighted by molar-refractivity contribution is 0.247. The quantitative estimate of drug-likeness (QED) is 0.812. The van der Waals surface area contributed by atoms with E-state index in [1.165, 1.54) is 0 Å². The lowest BCUT2D eigenvalue weighted by atomic mass is 9.92. The molecule has 2 aromatic carbocycles. The van der Waals surface area contributed by atoms with Gasteiger partial charge < -0.3 is 5.32 Å². The predicted molar refractivity (Wildman–Crippen MR) is 99.7 cm³/mol. The lowest BCUT2D eigenvalue weighted by Gasteiger charge is -2.22. The topological polar surface area (TPSA) is 68.5 Å². The maximum Gasteiger partial charge on any atom is 0.342 e. The van der Waals surface area contributed by atoms with Gasteiger partial charge in [-0.3, -0.25) is 0 Å². The standard InChI is InChI=1S/C17H11Cl3N4O/c18-11-3-1-10(2-4-11)13(9-21)16-14(19)7-12(8-15(16)20)24-17(25)22-5-6-23-24/h1-4,6-8,13H,5H2,(H,22,25). The number of urea groups is 1. The number of rotatable bonds is 3. The van der Waals surface area contributed by atoms with Gasteiger partial charge in [0.25, 0.3) is 0 Å². The van der Waals surface area contributed by atoms with Gasteiger partial charge in [0.15, 0.2) is 0 Å². The number of hydrogen-bond donors (Lipinski definition) is 1. The molecular weight excluding hydrogens is 383 g/mol. The monoisotopic (exact) mass is 392 g/mol. The number of carbonyl (C=O) groups is 1. The van der Waals surface area contributed by atoms with Crippen molar-refractivity contribution in [2.24, 2.45) is 5.10 Å². The summed E-state index contributed by atoms with van der Waals surface area (Å²) < 4.78 is 0. The van der Waals surface area contributed by atoms with Crippen LogP contribution in [0, 0.1) is 11.3 Å². The van der Waals surface area contributed by atoms with Gasteiger partial charge >= 0.3 is 6.03 Å². The van der Waals surface area contributed by atoms with Gasteiger partial charge in [0.05, 0.1) is 24.2 Å². The highest BCUT2D eigenvalue weighted by molar-refractivity contribution is 6.37. The van der Waals surface area contributed by atoms with Gasteiger partial charge in [-0.2, -0.15) is 15.4 Å². The van der Waals surface area contributed by atoms with Crippen LogP contribution < -0.4 is 10.3 Å². The maximum atomic E-state index is 11.9. The summed E-state index contributed by atoms with van der Waals surface area (Å²) in [6.45, 7) is 0.363. The SMILES string of the molecule is N#CC(c1ccc(Cl)cc1)c1c(Cl)cc(N2N=CCNC2=O)cc1Cl. The zero-order chi connectivity index (χ0) is 18.0. The Morgan fingerprint density at radius 1 is 1.16 bits per heavy atom. The van der Waals surface area contributed by atoms with Crippen LogP contribution in [0.2, 0.25) is 15.1 Å². The number of nitriles is 1. The van der Waals surface area contributed by atoms with Crippen LogP contribution in [0.1, 0.15) is 17.0 Å². The second kappa shape index (κ2) is 7.32. The van der Waals surface area contributed by atoms with Crippen LogP contribution in [0.15, 0.2) is 41.5 Å². The Balaban J connectivity index is 2.04. The van der Waals surface area contributed by atoms with Crippen LogP contribution in [0.25, 0.3) is 0 Å². The summed E-state index contributed by atoms with van der Waals surface area (Å²) in [5, 5.41) is 18.6. The van der Waals surface area contributed by atoms with Crippen LogP contribution in [0.5, 0.6) is 0 Å². The first-order valence-electron chi connectivity index (χ1n) is 7.25. The molecule has 0 saturated carbocycles. The van der Waals surface area contributed by atoms with Gasteiger partial charge in [-0.1, -0.05) is 46.9 Å². The molecule has 2 amide bonds. The van der Waals surface area contributed by atoms with E-state index in [1.54, 1.807) is 42.6 Å². The first-order valence-corrected chi connectivity index (χ1v) is 8.39. The van der Waals surface area contributed by atoms with Crippen molar-refractivity contribution in [2.75, 3.05) is 11.6 Å². The summed E-state index contributed by atoms with van der Waals surface area (Å²) >= 11 is 18.7. The second-order valence-electron chi connectivity index (χ2n) is 5.23. The average Bonchev–Trinajstić information content (AvgIpc) is 2.59. The zero-order valence-corrected chi connectivity index (χ0v) is 15.0. The summed E-state index contributed by atoms with van der Waals surface area (Å²) in [4.78, 5) is 11.9. The molecule has 126 valence electrons. The molecule has 1 N–H and O–H groups in total. The largest absolute Gasteiger partial charge is 0.342 e. The van der Waals surface area contributed by atoms with Crippen molar-refractivity contribution < 1.29 is 4.79 Å². The van der Waals surface area contributed by atoms with E-state index in [0.29, 0.717) is 22.8 Å². The van der Waals surface area contributed by atoms with Crippen LogP contribution >= 0.6 is 34.8 Å². The van der Waals surface area contributed by atoms with Gasteiger partial charge in [-0.25, -0.2) is 4.79 Å². The third kappa shape index (κ3) is 3.57. The van der Waals surface area contributed by atoms with Crippen LogP contribution in [-0.4, -0.2) is 18.8 Å². The molecule has 0 spiro atoms. The Morgan fingerprint density at radius 3 is 2.36 bits per heavy atom. The molecule has 0 aliphatic carbocycles. The molecule has 1 aliphatic rings. The molecule has 3 rings (SSSR count). The number of carbonyl (C=O) groups excluding carboxylic acids is 1. The molecule has 0 fully saturated rings. The van der Waals surface area contributed by atoms with Gasteiger partial charge in [-0.15, -0.1) is 0 Å². The average molecular weight is 394 g/mol. The molecule has 5 nitrogen and oxygen atoms in total. The summed E-state index contributed by atoms with van der Waals surface area (Å²) in [7, 11) is 0. The highest BCUT2D eigenvalue weighted by Crippen LogP contribution is 2.39. The van der Waals surface area contributed by atoms with Crippen molar-refractivity contribution in [1.82, 2.24) is 5.32 Å². The lowest BCUT2D eigenvalue weighted by Crippen LogP contribution is -2.41. The third-order valence-electron chi connectivity index (χ3n) is 3.66. The molecular formula is C17H11Cl3N4O. The summed E-state index contributed by atoms with van der Waals surface area (Å²) in [5.41, 5.74) is 1.61. The number of hydrogen-bond acceptors (Lipinski definition) is 3. The number of nitrogens with one attached hydrogen (secondary N) is 1. The Bertz CT molecular complexity index is 867. The van der Waals surface area contributed by atoms with Gasteiger partial charge in [0.2, 0.25) is 0 Å². The second-order valence-corrected chi connectivity index (χ2v) is 6.48. The molecule has 1 heterocycles. The molecule has 0 saturated heterocycles. The number of nitrogens with zero attached hydrogens (tertiary/aromatic N) is 3. The molecule has 25 heavy (non-hydrogen) atoms. The number of amides is 2. The predicted octanol–water partition coefficient (Wildman–Crippen LogP) is 4.82. The zero-order valence-electron chi connectivity index (χ0n) is 12.7. The number of hydrazone groups is 1. The molecule has 1 aliphatic heterocycles. The van der Waals surface area contributed by atoms with Gasteiger partial charge in [-0.05, 0) is 29.8 Å². The van der Waals surface area contributed by atoms with E-state index in [0.717, 1.165) is 10.6 Å². The summed E-state index contributed by atoms with van der Waals surface area (Å²) in [6.07, 6.45) is 1.56. The van der Waals surface area contributed by atoms with E-state index >= 15 is 0 Å².